The normalized spacial score (nSPS) is 14.3. The van der Waals surface area contributed by atoms with Crippen molar-refractivity contribution in [1.82, 2.24) is 4.72 Å². The molecule has 0 aliphatic carbocycles. The zero-order valence-corrected chi connectivity index (χ0v) is 14.7. The predicted octanol–water partition coefficient (Wildman–Crippen LogP) is 2.83. The third-order valence-corrected chi connectivity index (χ3v) is 5.56. The highest BCUT2D eigenvalue weighted by atomic mass is 79.9. The fourth-order valence-electron chi connectivity index (χ4n) is 1.84. The molecule has 1 aromatic carbocycles. The average Bonchev–Trinajstić information content (AvgIpc) is 2.30. The maximum Gasteiger partial charge on any atom is 0.240 e. The number of hydrogen-bond donors (Lipinski definition) is 2. The van der Waals surface area contributed by atoms with E-state index >= 15 is 0 Å². The van der Waals surface area contributed by atoms with E-state index in [0.717, 1.165) is 10.0 Å². The molecule has 0 fully saturated rings. The Morgan fingerprint density at radius 3 is 2.40 bits per heavy atom. The van der Waals surface area contributed by atoms with E-state index in [4.69, 9.17) is 5.11 Å². The Balaban J connectivity index is 3.06. The van der Waals surface area contributed by atoms with Crippen LogP contribution in [0.1, 0.15) is 32.8 Å². The summed E-state index contributed by atoms with van der Waals surface area (Å²) in [4.78, 5) is 0.241. The van der Waals surface area contributed by atoms with Gasteiger partial charge in [0.2, 0.25) is 10.0 Å². The zero-order chi connectivity index (χ0) is 15.6. The molecule has 0 saturated heterocycles. The van der Waals surface area contributed by atoms with E-state index in [1.807, 2.05) is 27.7 Å². The average molecular weight is 364 g/mol. The lowest BCUT2D eigenvalue weighted by molar-refractivity contribution is 0.214. The second-order valence-electron chi connectivity index (χ2n) is 5.96. The summed E-state index contributed by atoms with van der Waals surface area (Å²) in [6.07, 6.45) is 0.387. The largest absolute Gasteiger partial charge is 0.396 e. The molecule has 0 bridgehead atoms. The number of rotatable bonds is 5. The van der Waals surface area contributed by atoms with E-state index < -0.39 is 10.0 Å². The highest BCUT2D eigenvalue weighted by Gasteiger charge is 2.29. The SMILES string of the molecule is Cc1cc(S(=O)(=O)NC(CCO)C(C)(C)C)ccc1Br. The summed E-state index contributed by atoms with van der Waals surface area (Å²) >= 11 is 3.36. The van der Waals surface area contributed by atoms with Gasteiger partial charge in [-0.3, -0.25) is 0 Å². The van der Waals surface area contributed by atoms with Crippen LogP contribution in [-0.2, 0) is 10.0 Å². The van der Waals surface area contributed by atoms with Gasteiger partial charge in [-0.1, -0.05) is 36.7 Å². The number of aliphatic hydroxyl groups is 1. The van der Waals surface area contributed by atoms with Crippen LogP contribution in [0.25, 0.3) is 0 Å². The Morgan fingerprint density at radius 1 is 1.35 bits per heavy atom. The van der Waals surface area contributed by atoms with Crippen molar-refractivity contribution in [3.05, 3.63) is 28.2 Å². The lowest BCUT2D eigenvalue weighted by atomic mass is 9.86. The number of benzene rings is 1. The summed E-state index contributed by atoms with van der Waals surface area (Å²) < 4.78 is 28.4. The molecular formula is C14H22BrNO3S. The lowest BCUT2D eigenvalue weighted by Gasteiger charge is -2.30. The maximum absolute atomic E-state index is 12.4. The monoisotopic (exact) mass is 363 g/mol. The van der Waals surface area contributed by atoms with Crippen molar-refractivity contribution in [2.45, 2.75) is 45.1 Å². The van der Waals surface area contributed by atoms with Crippen molar-refractivity contribution < 1.29 is 13.5 Å². The van der Waals surface area contributed by atoms with Gasteiger partial charge in [-0.25, -0.2) is 13.1 Å². The minimum absolute atomic E-state index is 0.0518. The predicted molar refractivity (Wildman–Crippen MR) is 84.1 cm³/mol. The molecule has 1 aromatic rings. The molecule has 114 valence electrons. The number of halogens is 1. The van der Waals surface area contributed by atoms with Crippen molar-refractivity contribution >= 4 is 26.0 Å². The van der Waals surface area contributed by atoms with Gasteiger partial charge < -0.3 is 5.11 Å². The van der Waals surface area contributed by atoms with E-state index in [-0.39, 0.29) is 23.0 Å². The molecule has 0 aliphatic heterocycles. The van der Waals surface area contributed by atoms with E-state index in [1.54, 1.807) is 18.2 Å². The van der Waals surface area contributed by atoms with Crippen LogP contribution in [-0.4, -0.2) is 26.2 Å². The van der Waals surface area contributed by atoms with Crippen LogP contribution >= 0.6 is 15.9 Å². The molecular weight excluding hydrogens is 342 g/mol. The molecule has 20 heavy (non-hydrogen) atoms. The van der Waals surface area contributed by atoms with Gasteiger partial charge in [0.25, 0.3) is 0 Å². The first-order valence-electron chi connectivity index (χ1n) is 6.47. The minimum atomic E-state index is -3.59. The van der Waals surface area contributed by atoms with Gasteiger partial charge >= 0.3 is 0 Å². The summed E-state index contributed by atoms with van der Waals surface area (Å²) in [7, 11) is -3.59. The summed E-state index contributed by atoms with van der Waals surface area (Å²) in [5.41, 5.74) is 0.600. The van der Waals surface area contributed by atoms with Gasteiger partial charge in [0.1, 0.15) is 0 Å². The molecule has 1 rings (SSSR count). The Kier molecular flexibility index (Phi) is 5.78. The topological polar surface area (TPSA) is 66.4 Å². The summed E-state index contributed by atoms with van der Waals surface area (Å²) in [6.45, 7) is 7.63. The molecule has 0 amide bonds. The maximum atomic E-state index is 12.4. The second kappa shape index (κ2) is 6.56. The van der Waals surface area contributed by atoms with Crippen LogP contribution in [0.15, 0.2) is 27.6 Å². The molecule has 0 spiro atoms. The molecule has 0 aromatic heterocycles. The third kappa shape index (κ3) is 4.55. The summed E-state index contributed by atoms with van der Waals surface area (Å²) in [6, 6.07) is 4.60. The Bertz CT molecular complexity index is 564. The second-order valence-corrected chi connectivity index (χ2v) is 8.53. The first-order valence-corrected chi connectivity index (χ1v) is 8.75. The number of hydrogen-bond acceptors (Lipinski definition) is 3. The standard InChI is InChI=1S/C14H22BrNO3S/c1-10-9-11(5-6-12(10)15)20(18,19)16-13(7-8-17)14(2,3)4/h5-6,9,13,16-17H,7-8H2,1-4H3. The van der Waals surface area contributed by atoms with Crippen molar-refractivity contribution in [2.24, 2.45) is 5.41 Å². The van der Waals surface area contributed by atoms with Crippen LogP contribution in [0.4, 0.5) is 0 Å². The van der Waals surface area contributed by atoms with E-state index in [9.17, 15) is 8.42 Å². The summed E-state index contributed by atoms with van der Waals surface area (Å²) in [5.74, 6) is 0. The third-order valence-electron chi connectivity index (χ3n) is 3.20. The van der Waals surface area contributed by atoms with Gasteiger partial charge in [0.15, 0.2) is 0 Å². The number of aryl methyl sites for hydroxylation is 1. The van der Waals surface area contributed by atoms with E-state index in [1.165, 1.54) is 0 Å². The Labute approximate surface area is 129 Å². The van der Waals surface area contributed by atoms with Gasteiger partial charge in [0.05, 0.1) is 4.90 Å². The van der Waals surface area contributed by atoms with Crippen LogP contribution in [0, 0.1) is 12.3 Å². The van der Waals surface area contributed by atoms with Crippen molar-refractivity contribution in [3.63, 3.8) is 0 Å². The van der Waals surface area contributed by atoms with E-state index in [0.29, 0.717) is 6.42 Å². The Hall–Kier alpha value is -0.430. The highest BCUT2D eigenvalue weighted by Crippen LogP contribution is 2.25. The van der Waals surface area contributed by atoms with E-state index in [2.05, 4.69) is 20.7 Å². The van der Waals surface area contributed by atoms with Crippen LogP contribution in [0.2, 0.25) is 0 Å². The van der Waals surface area contributed by atoms with Crippen molar-refractivity contribution in [1.29, 1.82) is 0 Å². The molecule has 1 atom stereocenters. The van der Waals surface area contributed by atoms with Gasteiger partial charge in [-0.15, -0.1) is 0 Å². The van der Waals surface area contributed by atoms with Crippen LogP contribution in [0.5, 0.6) is 0 Å². The molecule has 0 radical (unpaired) electrons. The number of sulfonamides is 1. The molecule has 4 nitrogen and oxygen atoms in total. The molecule has 0 heterocycles. The van der Waals surface area contributed by atoms with Crippen molar-refractivity contribution in [3.8, 4) is 0 Å². The van der Waals surface area contributed by atoms with Gasteiger partial charge in [-0.2, -0.15) is 0 Å². The molecule has 2 N–H and O–H groups in total. The quantitative estimate of drug-likeness (QED) is 0.844. The molecule has 0 aliphatic rings. The first kappa shape index (κ1) is 17.6. The molecule has 0 saturated carbocycles. The fourth-order valence-corrected chi connectivity index (χ4v) is 3.65. The van der Waals surface area contributed by atoms with Crippen molar-refractivity contribution in [2.75, 3.05) is 6.61 Å². The Morgan fingerprint density at radius 2 is 1.95 bits per heavy atom. The van der Waals surface area contributed by atoms with Crippen LogP contribution in [0.3, 0.4) is 0 Å². The van der Waals surface area contributed by atoms with Crippen LogP contribution < -0.4 is 4.72 Å². The first-order chi connectivity index (χ1) is 9.08. The fraction of sp³-hybridized carbons (Fsp3) is 0.571. The summed E-state index contributed by atoms with van der Waals surface area (Å²) in [5, 5.41) is 9.11. The smallest absolute Gasteiger partial charge is 0.240 e. The number of nitrogens with one attached hydrogen (secondary N) is 1. The highest BCUT2D eigenvalue weighted by molar-refractivity contribution is 9.10. The van der Waals surface area contributed by atoms with Gasteiger partial charge in [-0.05, 0) is 42.5 Å². The number of aliphatic hydroxyl groups excluding tert-OH is 1. The zero-order valence-electron chi connectivity index (χ0n) is 12.3. The lowest BCUT2D eigenvalue weighted by Crippen LogP contribution is -2.44. The molecule has 1 unspecified atom stereocenters. The minimum Gasteiger partial charge on any atom is -0.396 e. The molecule has 6 heteroatoms. The van der Waals surface area contributed by atoms with Gasteiger partial charge in [0, 0.05) is 17.1 Å².